The summed E-state index contributed by atoms with van der Waals surface area (Å²) in [6, 6.07) is 0. The molecule has 1 aromatic heterocycles. The van der Waals surface area contributed by atoms with E-state index >= 15 is 0 Å². The van der Waals surface area contributed by atoms with E-state index < -0.39 is 7.37 Å². The van der Waals surface area contributed by atoms with Crippen LogP contribution in [0.4, 0.5) is 0 Å². The van der Waals surface area contributed by atoms with Gasteiger partial charge < -0.3 is 14.0 Å². The van der Waals surface area contributed by atoms with Crippen LogP contribution in [0.5, 0.6) is 0 Å². The Labute approximate surface area is 59.0 Å². The van der Waals surface area contributed by atoms with Crippen molar-refractivity contribution < 1.29 is 9.46 Å². The van der Waals surface area contributed by atoms with Crippen molar-refractivity contribution in [1.29, 1.82) is 0 Å². The zero-order valence-corrected chi connectivity index (χ0v) is 6.71. The van der Waals surface area contributed by atoms with Crippen LogP contribution in [0.2, 0.25) is 0 Å². The van der Waals surface area contributed by atoms with Gasteiger partial charge in [0.15, 0.2) is 5.57 Å². The summed E-state index contributed by atoms with van der Waals surface area (Å²) in [5.74, 6) is 0. The van der Waals surface area contributed by atoms with Crippen LogP contribution in [0.15, 0.2) is 12.4 Å². The minimum absolute atomic E-state index is 0.132. The van der Waals surface area contributed by atoms with Crippen molar-refractivity contribution in [2.24, 2.45) is 7.05 Å². The topological polar surface area (TPSA) is 58.0 Å². The molecule has 0 amide bonds. The van der Waals surface area contributed by atoms with Crippen molar-refractivity contribution >= 4 is 12.9 Å². The summed E-state index contributed by atoms with van der Waals surface area (Å²) < 4.78 is 12.3. The Bertz CT molecular complexity index is 275. The highest BCUT2D eigenvalue weighted by Gasteiger charge is 2.07. The van der Waals surface area contributed by atoms with E-state index in [2.05, 4.69) is 4.98 Å². The first-order valence-corrected chi connectivity index (χ1v) is 4.85. The van der Waals surface area contributed by atoms with Gasteiger partial charge in [0.2, 0.25) is 0 Å². The third-order valence-electron chi connectivity index (χ3n) is 1.16. The number of nitrogens with zero attached hydrogens (tertiary/aromatic N) is 2. The summed E-state index contributed by atoms with van der Waals surface area (Å²) in [7, 11) is -1.76. The van der Waals surface area contributed by atoms with Gasteiger partial charge in [-0.05, 0) is 6.66 Å². The predicted molar refractivity (Wildman–Crippen MR) is 36.4 cm³/mol. The molecule has 4 nitrogen and oxygen atoms in total. The van der Waals surface area contributed by atoms with Crippen LogP contribution in [0, 0.1) is 0 Å². The summed E-state index contributed by atoms with van der Waals surface area (Å²) in [5.41, 5.74) is 0.132. The normalized spacial score (nSPS) is 16.7. The monoisotopic (exact) mass is 159 g/mol. The van der Waals surface area contributed by atoms with Crippen LogP contribution < -0.4 is 10.5 Å². The lowest BCUT2D eigenvalue weighted by molar-refractivity contribution is -0.170. The van der Waals surface area contributed by atoms with E-state index in [1.54, 1.807) is 13.2 Å². The highest BCUT2D eigenvalue weighted by atomic mass is 31.2. The van der Waals surface area contributed by atoms with Crippen molar-refractivity contribution in [1.82, 2.24) is 9.55 Å². The van der Waals surface area contributed by atoms with Crippen LogP contribution in [0.1, 0.15) is 0 Å². The summed E-state index contributed by atoms with van der Waals surface area (Å²) in [5, 5.41) is 0. The van der Waals surface area contributed by atoms with Crippen LogP contribution in [0.3, 0.4) is 0 Å². The molecule has 5 heteroatoms. The molecule has 0 N–H and O–H groups in total. The Morgan fingerprint density at radius 2 is 2.40 bits per heavy atom. The lowest BCUT2D eigenvalue weighted by Gasteiger charge is -2.15. The average Bonchev–Trinajstić information content (AvgIpc) is 2.11. The fourth-order valence-electron chi connectivity index (χ4n) is 0.749. The molecule has 56 valence electrons. The van der Waals surface area contributed by atoms with Gasteiger partial charge in [-0.3, -0.25) is 0 Å². The lowest BCUT2D eigenvalue weighted by atomic mass is 10.9. The molecule has 0 aromatic carbocycles. The number of imidazole rings is 1. The van der Waals surface area contributed by atoms with E-state index in [0.29, 0.717) is 0 Å². The molecule has 0 bridgehead atoms. The maximum absolute atomic E-state index is 10.9. The van der Waals surface area contributed by atoms with Gasteiger partial charge in [-0.15, -0.1) is 0 Å². The maximum atomic E-state index is 10.9. The highest BCUT2D eigenvalue weighted by Crippen LogP contribution is 2.26. The van der Waals surface area contributed by atoms with Gasteiger partial charge in [0.25, 0.3) is 0 Å². The Hall–Kier alpha value is -0.600. The van der Waals surface area contributed by atoms with E-state index in [0.717, 1.165) is 6.66 Å². The van der Waals surface area contributed by atoms with Gasteiger partial charge >= 0.3 is 0 Å². The Morgan fingerprint density at radius 3 is 2.60 bits per heavy atom. The molecule has 1 heterocycles. The maximum Gasteiger partial charge on any atom is 0.154 e. The van der Waals surface area contributed by atoms with Gasteiger partial charge in [-0.2, -0.15) is 0 Å². The minimum atomic E-state index is -3.41. The molecule has 0 aliphatic heterocycles. The third kappa shape index (κ3) is 1.28. The van der Waals surface area contributed by atoms with Crippen LogP contribution in [-0.4, -0.2) is 16.2 Å². The minimum Gasteiger partial charge on any atom is -0.794 e. The van der Waals surface area contributed by atoms with E-state index in [1.807, 2.05) is 0 Å². The Kier molecular flexibility index (Phi) is 1.67. The zero-order chi connectivity index (χ0) is 7.78. The molecule has 1 aromatic rings. The van der Waals surface area contributed by atoms with E-state index in [4.69, 9.17) is 0 Å². The van der Waals surface area contributed by atoms with E-state index in [-0.39, 0.29) is 5.57 Å². The van der Waals surface area contributed by atoms with Crippen LogP contribution in [-0.2, 0) is 11.6 Å². The molecule has 0 fully saturated rings. The van der Waals surface area contributed by atoms with Gasteiger partial charge in [0.1, 0.15) is 0 Å². The second-order valence-electron chi connectivity index (χ2n) is 2.18. The highest BCUT2D eigenvalue weighted by molar-refractivity contribution is 7.63. The number of hydrogen-bond donors (Lipinski definition) is 0. The first-order valence-electron chi connectivity index (χ1n) is 2.78. The van der Waals surface area contributed by atoms with E-state index in [9.17, 15) is 9.46 Å². The van der Waals surface area contributed by atoms with Gasteiger partial charge in [-0.25, -0.2) is 4.98 Å². The molecule has 0 saturated carbocycles. The molecule has 0 spiro atoms. The molecule has 0 saturated heterocycles. The number of aromatic nitrogens is 2. The third-order valence-corrected chi connectivity index (χ3v) is 2.32. The molecule has 1 atom stereocenters. The first kappa shape index (κ1) is 7.51. The van der Waals surface area contributed by atoms with E-state index in [1.165, 1.54) is 10.8 Å². The smallest absolute Gasteiger partial charge is 0.154 e. The summed E-state index contributed by atoms with van der Waals surface area (Å²) in [4.78, 5) is 14.5. The molecule has 1 unspecified atom stereocenters. The average molecular weight is 159 g/mol. The number of rotatable bonds is 1. The lowest BCUT2D eigenvalue weighted by Crippen LogP contribution is -2.22. The molecule has 0 aliphatic rings. The summed E-state index contributed by atoms with van der Waals surface area (Å²) in [6.45, 7) is 1.16. The Balaban J connectivity index is 3.18. The molecular weight excluding hydrogens is 151 g/mol. The molecule has 0 radical (unpaired) electrons. The van der Waals surface area contributed by atoms with Gasteiger partial charge in [0, 0.05) is 19.4 Å². The van der Waals surface area contributed by atoms with Crippen molar-refractivity contribution in [3.8, 4) is 0 Å². The second-order valence-corrected chi connectivity index (χ2v) is 4.28. The largest absolute Gasteiger partial charge is 0.794 e. The van der Waals surface area contributed by atoms with Crippen molar-refractivity contribution in [3.05, 3.63) is 12.4 Å². The Morgan fingerprint density at radius 1 is 1.80 bits per heavy atom. The molecular formula is C5H8N2O2P-. The molecule has 0 aliphatic carbocycles. The fourth-order valence-corrected chi connectivity index (χ4v) is 1.67. The van der Waals surface area contributed by atoms with Crippen LogP contribution in [0.25, 0.3) is 0 Å². The summed E-state index contributed by atoms with van der Waals surface area (Å²) >= 11 is 0. The molecule has 1 rings (SSSR count). The van der Waals surface area contributed by atoms with Crippen molar-refractivity contribution in [2.45, 2.75) is 0 Å². The predicted octanol–water partition coefficient (Wildman–Crippen LogP) is -0.686. The quantitative estimate of drug-likeness (QED) is 0.510. The van der Waals surface area contributed by atoms with Crippen molar-refractivity contribution in [2.75, 3.05) is 6.66 Å². The SMILES string of the molecule is Cn1ccnc1P(C)(=O)[O-]. The number of hydrogen-bond acceptors (Lipinski definition) is 3. The van der Waals surface area contributed by atoms with Crippen LogP contribution >= 0.6 is 7.37 Å². The first-order chi connectivity index (χ1) is 4.52. The number of aryl methyl sites for hydroxylation is 1. The fraction of sp³-hybridized carbons (Fsp3) is 0.400. The van der Waals surface area contributed by atoms with Crippen molar-refractivity contribution in [3.63, 3.8) is 0 Å². The summed E-state index contributed by atoms with van der Waals surface area (Å²) in [6.07, 6.45) is 3.06. The zero-order valence-electron chi connectivity index (χ0n) is 5.81. The second kappa shape index (κ2) is 2.22. The van der Waals surface area contributed by atoms with Gasteiger partial charge in [-0.1, -0.05) is 0 Å². The van der Waals surface area contributed by atoms with Gasteiger partial charge in [0.05, 0.1) is 7.37 Å². The molecule has 10 heavy (non-hydrogen) atoms. The standard InChI is InChI=1S/C5H9N2O2P/c1-7-4-3-6-5(7)10(2,8)9/h3-4H,1-2H3,(H,8,9)/p-1.